The van der Waals surface area contributed by atoms with Gasteiger partial charge in [0, 0.05) is 17.3 Å². The first kappa shape index (κ1) is 12.8. The van der Waals surface area contributed by atoms with Crippen LogP contribution in [0.25, 0.3) is 11.3 Å². The van der Waals surface area contributed by atoms with Crippen LogP contribution < -0.4 is 0 Å². The second kappa shape index (κ2) is 5.83. The second-order valence-electron chi connectivity index (χ2n) is 4.21. The zero-order valence-corrected chi connectivity index (χ0v) is 10.6. The molecular weight excluding hydrogens is 240 g/mol. The average molecular weight is 254 g/mol. The molecule has 0 saturated heterocycles. The van der Waals surface area contributed by atoms with Gasteiger partial charge in [-0.25, -0.2) is 0 Å². The number of hydrogen-bond donors (Lipinski definition) is 1. The molecule has 2 rings (SSSR count). The van der Waals surface area contributed by atoms with E-state index in [2.05, 4.69) is 16.3 Å². The number of benzene rings is 1. The maximum atomic E-state index is 8.70. The maximum absolute atomic E-state index is 8.70. The SMILES string of the molecule is Cc1ccc(-c2nn(CCC#N)cc2C=NO)cc1. The minimum Gasteiger partial charge on any atom is -0.411 e. The van der Waals surface area contributed by atoms with Crippen LogP contribution in [0.5, 0.6) is 0 Å². The Labute approximate surface area is 111 Å². The molecule has 0 aliphatic rings. The van der Waals surface area contributed by atoms with E-state index in [0.29, 0.717) is 13.0 Å². The Kier molecular flexibility index (Phi) is 3.94. The molecule has 1 heterocycles. The smallest absolute Gasteiger partial charge is 0.101 e. The summed E-state index contributed by atoms with van der Waals surface area (Å²) in [7, 11) is 0. The highest BCUT2D eigenvalue weighted by atomic mass is 16.4. The zero-order chi connectivity index (χ0) is 13.7. The molecule has 1 aromatic carbocycles. The third-order valence-corrected chi connectivity index (χ3v) is 2.76. The van der Waals surface area contributed by atoms with Gasteiger partial charge in [0.15, 0.2) is 0 Å². The quantitative estimate of drug-likeness (QED) is 0.517. The molecule has 0 spiro atoms. The van der Waals surface area contributed by atoms with Gasteiger partial charge in [0.1, 0.15) is 5.69 Å². The highest BCUT2D eigenvalue weighted by Crippen LogP contribution is 2.21. The van der Waals surface area contributed by atoms with Crippen LogP contribution in [0.2, 0.25) is 0 Å². The summed E-state index contributed by atoms with van der Waals surface area (Å²) in [5.41, 5.74) is 3.60. The van der Waals surface area contributed by atoms with Crippen molar-refractivity contribution >= 4 is 6.21 Å². The molecule has 0 saturated carbocycles. The van der Waals surface area contributed by atoms with E-state index in [-0.39, 0.29) is 0 Å². The lowest BCUT2D eigenvalue weighted by Gasteiger charge is -1.99. The minimum atomic E-state index is 0.394. The van der Waals surface area contributed by atoms with Crippen LogP contribution in [0, 0.1) is 18.3 Å². The molecule has 0 bridgehead atoms. The van der Waals surface area contributed by atoms with Crippen molar-refractivity contribution < 1.29 is 5.21 Å². The van der Waals surface area contributed by atoms with Crippen LogP contribution in [0.15, 0.2) is 35.6 Å². The number of rotatable bonds is 4. The van der Waals surface area contributed by atoms with Gasteiger partial charge in [-0.1, -0.05) is 35.0 Å². The lowest BCUT2D eigenvalue weighted by atomic mass is 10.1. The molecule has 5 heteroatoms. The van der Waals surface area contributed by atoms with Crippen molar-refractivity contribution in [1.82, 2.24) is 9.78 Å². The van der Waals surface area contributed by atoms with E-state index in [1.807, 2.05) is 31.2 Å². The number of nitriles is 1. The molecule has 0 unspecified atom stereocenters. The molecule has 96 valence electrons. The van der Waals surface area contributed by atoms with Crippen molar-refractivity contribution in [3.05, 3.63) is 41.6 Å². The van der Waals surface area contributed by atoms with E-state index in [0.717, 1.165) is 16.8 Å². The Morgan fingerprint density at radius 2 is 2.16 bits per heavy atom. The van der Waals surface area contributed by atoms with Gasteiger partial charge in [-0.2, -0.15) is 10.4 Å². The van der Waals surface area contributed by atoms with Crippen LogP contribution in [-0.4, -0.2) is 21.2 Å². The predicted octanol–water partition coefficient (Wildman–Crippen LogP) is 2.58. The normalized spacial score (nSPS) is 10.7. The van der Waals surface area contributed by atoms with Gasteiger partial charge in [-0.05, 0) is 6.92 Å². The van der Waals surface area contributed by atoms with Crippen molar-refractivity contribution in [2.75, 3.05) is 0 Å². The summed E-state index contributed by atoms with van der Waals surface area (Å²) in [5.74, 6) is 0. The summed E-state index contributed by atoms with van der Waals surface area (Å²) >= 11 is 0. The van der Waals surface area contributed by atoms with Gasteiger partial charge in [-0.15, -0.1) is 0 Å². The predicted molar refractivity (Wildman–Crippen MR) is 72.0 cm³/mol. The van der Waals surface area contributed by atoms with Gasteiger partial charge in [0.25, 0.3) is 0 Å². The van der Waals surface area contributed by atoms with Gasteiger partial charge in [0.05, 0.1) is 25.2 Å². The highest BCUT2D eigenvalue weighted by Gasteiger charge is 2.09. The number of aromatic nitrogens is 2. The highest BCUT2D eigenvalue weighted by molar-refractivity contribution is 5.88. The molecule has 5 nitrogen and oxygen atoms in total. The van der Waals surface area contributed by atoms with Crippen molar-refractivity contribution in [3.8, 4) is 17.3 Å². The summed E-state index contributed by atoms with van der Waals surface area (Å²) < 4.78 is 1.69. The fraction of sp³-hybridized carbons (Fsp3) is 0.214. The lowest BCUT2D eigenvalue weighted by Crippen LogP contribution is -1.97. The largest absolute Gasteiger partial charge is 0.411 e. The van der Waals surface area contributed by atoms with Gasteiger partial charge in [0.2, 0.25) is 0 Å². The van der Waals surface area contributed by atoms with Gasteiger partial charge >= 0.3 is 0 Å². The molecule has 0 amide bonds. The molecule has 1 N–H and O–H groups in total. The van der Waals surface area contributed by atoms with Crippen LogP contribution in [0.4, 0.5) is 0 Å². The van der Waals surface area contributed by atoms with Crippen molar-refractivity contribution in [2.24, 2.45) is 5.16 Å². The molecule has 0 radical (unpaired) electrons. The number of nitrogens with zero attached hydrogens (tertiary/aromatic N) is 4. The zero-order valence-electron chi connectivity index (χ0n) is 10.6. The van der Waals surface area contributed by atoms with E-state index in [1.165, 1.54) is 11.8 Å². The molecule has 0 aliphatic carbocycles. The topological polar surface area (TPSA) is 74.2 Å². The Hall–Kier alpha value is -2.61. The summed E-state index contributed by atoms with van der Waals surface area (Å²) in [6.45, 7) is 2.54. The summed E-state index contributed by atoms with van der Waals surface area (Å²) in [4.78, 5) is 0. The fourth-order valence-electron chi connectivity index (χ4n) is 1.81. The third kappa shape index (κ3) is 2.99. The number of oxime groups is 1. The van der Waals surface area contributed by atoms with E-state index in [4.69, 9.17) is 10.5 Å². The Bertz CT molecular complexity index is 620. The van der Waals surface area contributed by atoms with Crippen molar-refractivity contribution in [3.63, 3.8) is 0 Å². The first-order valence-electron chi connectivity index (χ1n) is 5.93. The summed E-state index contributed by atoms with van der Waals surface area (Å²) in [5, 5.41) is 24.8. The monoisotopic (exact) mass is 254 g/mol. The molecular formula is C14H14N4O. The van der Waals surface area contributed by atoms with Crippen LogP contribution in [0.3, 0.4) is 0 Å². The Morgan fingerprint density at radius 3 is 2.79 bits per heavy atom. The van der Waals surface area contributed by atoms with Crippen LogP contribution >= 0.6 is 0 Å². The Morgan fingerprint density at radius 1 is 1.42 bits per heavy atom. The molecule has 1 aromatic heterocycles. The molecule has 19 heavy (non-hydrogen) atoms. The minimum absolute atomic E-state index is 0.394. The van der Waals surface area contributed by atoms with E-state index in [9.17, 15) is 0 Å². The van der Waals surface area contributed by atoms with Crippen molar-refractivity contribution in [2.45, 2.75) is 19.9 Å². The Balaban J connectivity index is 2.40. The summed E-state index contributed by atoms with van der Waals surface area (Å²) in [6, 6.07) is 10.0. The first-order chi connectivity index (χ1) is 9.24. The summed E-state index contributed by atoms with van der Waals surface area (Å²) in [6.07, 6.45) is 3.52. The third-order valence-electron chi connectivity index (χ3n) is 2.76. The molecule has 0 aliphatic heterocycles. The fourth-order valence-corrected chi connectivity index (χ4v) is 1.81. The molecule has 2 aromatic rings. The number of aryl methyl sites for hydroxylation is 2. The van der Waals surface area contributed by atoms with Crippen molar-refractivity contribution in [1.29, 1.82) is 5.26 Å². The molecule has 0 fully saturated rings. The second-order valence-corrected chi connectivity index (χ2v) is 4.21. The standard InChI is InChI=1S/C14H14N4O/c1-11-3-5-12(6-4-11)14-13(9-16-19)10-18(17-14)8-2-7-15/h3-6,9-10,19H,2,8H2,1H3. The van der Waals surface area contributed by atoms with E-state index < -0.39 is 0 Å². The molecule has 0 atom stereocenters. The van der Waals surface area contributed by atoms with Gasteiger partial charge in [-0.3, -0.25) is 4.68 Å². The van der Waals surface area contributed by atoms with Crippen LogP contribution in [0.1, 0.15) is 17.5 Å². The van der Waals surface area contributed by atoms with Crippen LogP contribution in [-0.2, 0) is 6.54 Å². The lowest BCUT2D eigenvalue weighted by molar-refractivity contribution is 0.322. The van der Waals surface area contributed by atoms with E-state index in [1.54, 1.807) is 10.9 Å². The number of hydrogen-bond acceptors (Lipinski definition) is 4. The van der Waals surface area contributed by atoms with Gasteiger partial charge < -0.3 is 5.21 Å². The first-order valence-corrected chi connectivity index (χ1v) is 5.93. The maximum Gasteiger partial charge on any atom is 0.101 e. The average Bonchev–Trinajstić information content (AvgIpc) is 2.81. The van der Waals surface area contributed by atoms with E-state index >= 15 is 0 Å².